The number of nitrogens with zero attached hydrogens (tertiary/aromatic N) is 1. The maximum atomic E-state index is 14.0. The minimum Gasteiger partial charge on any atom is -0.394 e. The van der Waals surface area contributed by atoms with Gasteiger partial charge in [-0.25, -0.2) is 0 Å². The second-order valence-electron chi connectivity index (χ2n) is 12.8. The molecule has 1 heterocycles. The van der Waals surface area contributed by atoms with Gasteiger partial charge in [0.15, 0.2) is 0 Å². The number of hydrogen-bond donors (Lipinski definition) is 4. The highest BCUT2D eigenvalue weighted by molar-refractivity contribution is 7.14. The molecule has 5 rings (SSSR count). The Hall–Kier alpha value is -1.87. The number of aliphatic hydroxyl groups excluding tert-OH is 3. The van der Waals surface area contributed by atoms with Gasteiger partial charge in [-0.15, -0.1) is 11.3 Å². The second kappa shape index (κ2) is 13.6. The van der Waals surface area contributed by atoms with Crippen LogP contribution >= 0.6 is 11.3 Å². The van der Waals surface area contributed by atoms with Gasteiger partial charge in [-0.1, -0.05) is 37.6 Å². The van der Waals surface area contributed by atoms with Gasteiger partial charge in [-0.3, -0.25) is 9.69 Å². The number of benzene rings is 1. The highest BCUT2D eigenvalue weighted by Gasteiger charge is 2.57. The Kier molecular flexibility index (Phi) is 10.6. The molecule has 0 radical (unpaired) electrons. The fourth-order valence-corrected chi connectivity index (χ4v) is 7.98. The molecule has 1 aromatic heterocycles. The topological polar surface area (TPSA) is 101 Å². The number of aliphatic hydroxyl groups is 4. The van der Waals surface area contributed by atoms with Crippen molar-refractivity contribution in [1.29, 1.82) is 0 Å². The van der Waals surface area contributed by atoms with Crippen molar-refractivity contribution in [3.63, 3.8) is 0 Å². The minimum atomic E-state index is -1.03. The minimum absolute atomic E-state index is 0.00809. The predicted octanol–water partition coefficient (Wildman–Crippen LogP) is 5.39. The average molecular weight is 584 g/mol. The van der Waals surface area contributed by atoms with Gasteiger partial charge in [0, 0.05) is 28.9 Å². The van der Waals surface area contributed by atoms with E-state index in [0.29, 0.717) is 42.8 Å². The van der Waals surface area contributed by atoms with E-state index in [4.69, 9.17) is 0 Å². The fraction of sp³-hybridized carbons (Fsp3) is 0.618. The molecule has 1 fully saturated rings. The Balaban J connectivity index is 1.81. The standard InChI is InChI=1S/C34H49NO5S/c1-5-17-35(20-27(38)21-36)22-34(40)16-14-30-28-12-10-25(19-29(28)32(39)31-13-9-24(3)41-31)18-26(37)11-8-23(2)7-6-15-33(30,34)4/h7,9-10,12-13,19,26-27,30,36-38,40H,5-6,8,11,14-18,20-22H2,1-4H3. The molecular weight excluding hydrogens is 534 g/mol. The van der Waals surface area contributed by atoms with E-state index in [1.807, 2.05) is 25.1 Å². The van der Waals surface area contributed by atoms with Crippen LogP contribution in [0.5, 0.6) is 0 Å². The van der Waals surface area contributed by atoms with Crippen LogP contribution in [-0.2, 0) is 6.42 Å². The zero-order valence-electron chi connectivity index (χ0n) is 25.2. The van der Waals surface area contributed by atoms with Crippen LogP contribution < -0.4 is 0 Å². The lowest BCUT2D eigenvalue weighted by atomic mass is 9.64. The lowest BCUT2D eigenvalue weighted by Gasteiger charge is -2.46. The van der Waals surface area contributed by atoms with E-state index < -0.39 is 23.2 Å². The quantitative estimate of drug-likeness (QED) is 0.233. The smallest absolute Gasteiger partial charge is 0.203 e. The van der Waals surface area contributed by atoms with Crippen LogP contribution in [0.2, 0.25) is 0 Å². The zero-order valence-corrected chi connectivity index (χ0v) is 26.1. The number of allylic oxidation sites excluding steroid dienone is 2. The van der Waals surface area contributed by atoms with Crippen LogP contribution in [0, 0.1) is 12.3 Å². The Morgan fingerprint density at radius 1 is 1.17 bits per heavy atom. The first-order valence-corrected chi connectivity index (χ1v) is 16.1. The first-order valence-electron chi connectivity index (χ1n) is 15.3. The summed E-state index contributed by atoms with van der Waals surface area (Å²) in [6.07, 6.45) is 6.69. The van der Waals surface area contributed by atoms with Crippen molar-refractivity contribution in [1.82, 2.24) is 4.90 Å². The molecule has 5 unspecified atom stereocenters. The molecule has 0 aliphatic heterocycles. The Bertz CT molecular complexity index is 1220. The van der Waals surface area contributed by atoms with Crippen LogP contribution in [0.1, 0.15) is 103 Å². The summed E-state index contributed by atoms with van der Waals surface area (Å²) in [5.74, 6) is -0.0249. The van der Waals surface area contributed by atoms with Crippen molar-refractivity contribution >= 4 is 17.1 Å². The molecule has 5 atom stereocenters. The third-order valence-corrected chi connectivity index (χ3v) is 10.6. The number of ketones is 1. The Morgan fingerprint density at radius 3 is 2.63 bits per heavy atom. The Labute approximate surface area is 249 Å². The third-order valence-electron chi connectivity index (χ3n) is 9.59. The summed E-state index contributed by atoms with van der Waals surface area (Å²) in [5.41, 5.74) is 2.31. The van der Waals surface area contributed by atoms with Gasteiger partial charge in [0.2, 0.25) is 5.78 Å². The summed E-state index contributed by atoms with van der Waals surface area (Å²) >= 11 is 1.50. The van der Waals surface area contributed by atoms with E-state index in [2.05, 4.69) is 43.9 Å². The molecular formula is C34H49NO5S. The summed E-state index contributed by atoms with van der Waals surface area (Å²) in [5, 5.41) is 43.1. The third kappa shape index (κ3) is 7.20. The first-order chi connectivity index (χ1) is 19.5. The predicted molar refractivity (Wildman–Crippen MR) is 166 cm³/mol. The van der Waals surface area contributed by atoms with E-state index in [1.165, 1.54) is 16.9 Å². The Morgan fingerprint density at radius 2 is 1.95 bits per heavy atom. The second-order valence-corrected chi connectivity index (χ2v) is 14.0. The van der Waals surface area contributed by atoms with Crippen molar-refractivity contribution in [3.8, 4) is 0 Å². The number of thiophene rings is 1. The average Bonchev–Trinajstić information content (AvgIpc) is 3.47. The molecule has 226 valence electrons. The molecule has 4 N–H and O–H groups in total. The van der Waals surface area contributed by atoms with Gasteiger partial charge in [-0.05, 0) is 107 Å². The van der Waals surface area contributed by atoms with E-state index in [0.717, 1.165) is 54.7 Å². The molecule has 1 saturated carbocycles. The number of rotatable bonds is 9. The lowest BCUT2D eigenvalue weighted by Crippen LogP contribution is -2.54. The molecule has 3 aliphatic rings. The summed E-state index contributed by atoms with van der Waals surface area (Å²) in [4.78, 5) is 17.9. The fourth-order valence-electron chi connectivity index (χ4n) is 7.16. The van der Waals surface area contributed by atoms with Crippen molar-refractivity contribution in [2.45, 2.75) is 103 Å². The van der Waals surface area contributed by atoms with Crippen molar-refractivity contribution in [3.05, 3.63) is 68.4 Å². The number of carbonyl (C=O) groups excluding carboxylic acids is 1. The number of carbonyl (C=O) groups is 1. The molecule has 2 aromatic rings. The zero-order chi connectivity index (χ0) is 29.8. The molecule has 41 heavy (non-hydrogen) atoms. The molecule has 3 aliphatic carbocycles. The number of aryl methyl sites for hydroxylation is 1. The van der Waals surface area contributed by atoms with Crippen molar-refractivity contribution in [2.24, 2.45) is 5.41 Å². The van der Waals surface area contributed by atoms with Gasteiger partial charge >= 0.3 is 0 Å². The van der Waals surface area contributed by atoms with E-state index >= 15 is 0 Å². The van der Waals surface area contributed by atoms with Gasteiger partial charge in [0.25, 0.3) is 0 Å². The normalized spacial score (nSPS) is 27.9. The molecule has 7 heteroatoms. The van der Waals surface area contributed by atoms with E-state index in [1.54, 1.807) is 0 Å². The highest BCUT2D eigenvalue weighted by Crippen LogP contribution is 2.59. The summed E-state index contributed by atoms with van der Waals surface area (Å²) in [6.45, 7) is 9.52. The maximum Gasteiger partial charge on any atom is 0.203 e. The molecule has 0 saturated heterocycles. The van der Waals surface area contributed by atoms with E-state index in [-0.39, 0.29) is 18.3 Å². The lowest BCUT2D eigenvalue weighted by molar-refractivity contribution is -0.0891. The largest absolute Gasteiger partial charge is 0.394 e. The van der Waals surface area contributed by atoms with Gasteiger partial charge in [0.1, 0.15) is 0 Å². The monoisotopic (exact) mass is 583 g/mol. The van der Waals surface area contributed by atoms with E-state index in [9.17, 15) is 25.2 Å². The summed E-state index contributed by atoms with van der Waals surface area (Å²) in [7, 11) is 0. The highest BCUT2D eigenvalue weighted by atomic mass is 32.1. The molecule has 0 spiro atoms. The number of fused-ring (bicyclic) bond motifs is 8. The molecule has 1 aromatic carbocycles. The van der Waals surface area contributed by atoms with Crippen LogP contribution in [-0.4, -0.2) is 75.2 Å². The summed E-state index contributed by atoms with van der Waals surface area (Å²) in [6, 6.07) is 10.0. The maximum absolute atomic E-state index is 14.0. The van der Waals surface area contributed by atoms with Crippen molar-refractivity contribution < 1.29 is 25.2 Å². The molecule has 2 bridgehead atoms. The first kappa shape index (κ1) is 32.1. The van der Waals surface area contributed by atoms with Crippen LogP contribution in [0.3, 0.4) is 0 Å². The number of hydrogen-bond acceptors (Lipinski definition) is 7. The van der Waals surface area contributed by atoms with Gasteiger partial charge in [-0.2, -0.15) is 0 Å². The summed E-state index contributed by atoms with van der Waals surface area (Å²) < 4.78 is 0. The van der Waals surface area contributed by atoms with Gasteiger partial charge in [0.05, 0.1) is 29.3 Å². The molecule has 0 amide bonds. The van der Waals surface area contributed by atoms with Crippen molar-refractivity contribution in [2.75, 3.05) is 26.2 Å². The van der Waals surface area contributed by atoms with Crippen LogP contribution in [0.15, 0.2) is 42.0 Å². The van der Waals surface area contributed by atoms with Crippen LogP contribution in [0.25, 0.3) is 0 Å². The van der Waals surface area contributed by atoms with Crippen LogP contribution in [0.4, 0.5) is 0 Å². The van der Waals surface area contributed by atoms with Gasteiger partial charge < -0.3 is 20.4 Å². The SMILES string of the molecule is CCCN(CC(O)CO)CC1(O)CCC2c3ccc(cc3C(=O)c3ccc(C)s3)CC(O)CCC(C)=CCCC21C. The molecule has 6 nitrogen and oxygen atoms in total.